The van der Waals surface area contributed by atoms with Crippen molar-refractivity contribution >= 4 is 11.8 Å². The SMILES string of the molecule is CC(=O)NC(CC(=O)NCC(C)(C)CC(C)O)c1ccccc1. The predicted molar refractivity (Wildman–Crippen MR) is 90.7 cm³/mol. The molecular weight excluding hydrogens is 292 g/mol. The van der Waals surface area contributed by atoms with Crippen LogP contribution in [0.25, 0.3) is 0 Å². The molecule has 2 amide bonds. The number of carbonyl (C=O) groups excluding carboxylic acids is 2. The Morgan fingerprint density at radius 3 is 2.35 bits per heavy atom. The molecule has 0 saturated carbocycles. The number of hydrogen-bond donors (Lipinski definition) is 3. The topological polar surface area (TPSA) is 78.4 Å². The highest BCUT2D eigenvalue weighted by molar-refractivity contribution is 5.79. The van der Waals surface area contributed by atoms with E-state index >= 15 is 0 Å². The summed E-state index contributed by atoms with van der Waals surface area (Å²) in [5.74, 6) is -0.285. The first-order valence-electron chi connectivity index (χ1n) is 7.96. The molecule has 1 aromatic carbocycles. The lowest BCUT2D eigenvalue weighted by molar-refractivity contribution is -0.123. The summed E-state index contributed by atoms with van der Waals surface area (Å²) in [6.07, 6.45) is 0.397. The smallest absolute Gasteiger partial charge is 0.222 e. The first-order chi connectivity index (χ1) is 10.7. The summed E-state index contributed by atoms with van der Waals surface area (Å²) in [7, 11) is 0. The molecule has 0 radical (unpaired) electrons. The molecule has 0 fully saturated rings. The number of aliphatic hydroxyl groups is 1. The van der Waals surface area contributed by atoms with E-state index in [9.17, 15) is 14.7 Å². The van der Waals surface area contributed by atoms with E-state index in [-0.39, 0.29) is 29.7 Å². The van der Waals surface area contributed by atoms with Crippen LogP contribution in [0.1, 0.15) is 52.1 Å². The van der Waals surface area contributed by atoms with Gasteiger partial charge in [-0.1, -0.05) is 44.2 Å². The first-order valence-corrected chi connectivity index (χ1v) is 7.96. The van der Waals surface area contributed by atoms with E-state index in [1.165, 1.54) is 6.92 Å². The highest BCUT2D eigenvalue weighted by Crippen LogP contribution is 2.22. The molecule has 3 N–H and O–H groups in total. The monoisotopic (exact) mass is 320 g/mol. The van der Waals surface area contributed by atoms with Gasteiger partial charge in [-0.15, -0.1) is 0 Å². The predicted octanol–water partition coefficient (Wildman–Crippen LogP) is 2.17. The summed E-state index contributed by atoms with van der Waals surface area (Å²) >= 11 is 0. The zero-order valence-corrected chi connectivity index (χ0v) is 14.4. The van der Waals surface area contributed by atoms with E-state index < -0.39 is 6.10 Å². The van der Waals surface area contributed by atoms with Crippen molar-refractivity contribution in [3.8, 4) is 0 Å². The van der Waals surface area contributed by atoms with Crippen LogP contribution in [0.3, 0.4) is 0 Å². The highest BCUT2D eigenvalue weighted by Gasteiger charge is 2.22. The van der Waals surface area contributed by atoms with E-state index in [4.69, 9.17) is 0 Å². The summed E-state index contributed by atoms with van der Waals surface area (Å²) in [6.45, 7) is 7.68. The lowest BCUT2D eigenvalue weighted by Gasteiger charge is -2.27. The Morgan fingerprint density at radius 2 is 1.83 bits per heavy atom. The van der Waals surface area contributed by atoms with Crippen molar-refractivity contribution in [2.45, 2.75) is 52.7 Å². The van der Waals surface area contributed by atoms with Crippen molar-refractivity contribution in [2.24, 2.45) is 5.41 Å². The number of hydrogen-bond acceptors (Lipinski definition) is 3. The molecule has 0 spiro atoms. The van der Waals surface area contributed by atoms with Crippen LogP contribution in [0.15, 0.2) is 30.3 Å². The molecular formula is C18H28N2O3. The largest absolute Gasteiger partial charge is 0.393 e. The first kappa shape index (κ1) is 19.2. The summed E-state index contributed by atoms with van der Waals surface area (Å²) in [4.78, 5) is 23.6. The summed E-state index contributed by atoms with van der Waals surface area (Å²) < 4.78 is 0. The number of amides is 2. The van der Waals surface area contributed by atoms with Crippen LogP contribution in [0.4, 0.5) is 0 Å². The fourth-order valence-corrected chi connectivity index (χ4v) is 2.65. The van der Waals surface area contributed by atoms with Gasteiger partial charge in [0.05, 0.1) is 18.6 Å². The van der Waals surface area contributed by atoms with E-state index in [0.29, 0.717) is 13.0 Å². The van der Waals surface area contributed by atoms with Gasteiger partial charge >= 0.3 is 0 Å². The lowest BCUT2D eigenvalue weighted by Crippen LogP contribution is -2.38. The van der Waals surface area contributed by atoms with E-state index in [1.807, 2.05) is 44.2 Å². The minimum atomic E-state index is -0.404. The number of carbonyl (C=O) groups is 2. The lowest BCUT2D eigenvalue weighted by atomic mass is 9.87. The number of nitrogens with one attached hydrogen (secondary N) is 2. The van der Waals surface area contributed by atoms with Gasteiger partial charge in [0.25, 0.3) is 0 Å². The molecule has 1 aromatic rings. The third-order valence-electron chi connectivity index (χ3n) is 3.58. The molecule has 0 aliphatic heterocycles. The van der Waals surface area contributed by atoms with Gasteiger partial charge in [-0.05, 0) is 24.3 Å². The van der Waals surface area contributed by atoms with Crippen LogP contribution < -0.4 is 10.6 Å². The summed E-state index contributed by atoms with van der Waals surface area (Å²) in [6, 6.07) is 9.11. The zero-order valence-electron chi connectivity index (χ0n) is 14.4. The van der Waals surface area contributed by atoms with Crippen molar-refractivity contribution < 1.29 is 14.7 Å². The Morgan fingerprint density at radius 1 is 1.22 bits per heavy atom. The molecule has 1 rings (SSSR count). The average molecular weight is 320 g/mol. The Kier molecular flexibility index (Phi) is 7.23. The minimum Gasteiger partial charge on any atom is -0.393 e. The van der Waals surface area contributed by atoms with Gasteiger partial charge in [0.15, 0.2) is 0 Å². The molecule has 23 heavy (non-hydrogen) atoms. The van der Waals surface area contributed by atoms with Crippen LogP contribution in [0.2, 0.25) is 0 Å². The van der Waals surface area contributed by atoms with E-state index in [2.05, 4.69) is 10.6 Å². The third kappa shape index (κ3) is 7.79. The maximum absolute atomic E-state index is 12.2. The number of rotatable bonds is 8. The van der Waals surface area contributed by atoms with Crippen LogP contribution in [-0.4, -0.2) is 29.6 Å². The van der Waals surface area contributed by atoms with Gasteiger partial charge in [0.1, 0.15) is 0 Å². The zero-order chi connectivity index (χ0) is 17.5. The second-order valence-corrected chi connectivity index (χ2v) is 6.86. The van der Waals surface area contributed by atoms with Crippen LogP contribution in [0.5, 0.6) is 0 Å². The van der Waals surface area contributed by atoms with Gasteiger partial charge in [-0.25, -0.2) is 0 Å². The second-order valence-electron chi connectivity index (χ2n) is 6.86. The van der Waals surface area contributed by atoms with Crippen molar-refractivity contribution in [1.82, 2.24) is 10.6 Å². The standard InChI is InChI=1S/C18H28N2O3/c1-13(21)11-18(3,4)12-19-17(23)10-16(20-14(2)22)15-8-6-5-7-9-15/h5-9,13,16,21H,10-12H2,1-4H3,(H,19,23)(H,20,22). The van der Waals surface area contributed by atoms with Gasteiger partial charge in [0.2, 0.25) is 11.8 Å². The molecule has 0 aliphatic rings. The van der Waals surface area contributed by atoms with Crippen LogP contribution in [-0.2, 0) is 9.59 Å². The molecule has 2 unspecified atom stereocenters. The highest BCUT2D eigenvalue weighted by atomic mass is 16.3. The van der Waals surface area contributed by atoms with Gasteiger partial charge < -0.3 is 15.7 Å². The second kappa shape index (κ2) is 8.67. The maximum Gasteiger partial charge on any atom is 0.222 e. The molecule has 0 heterocycles. The molecule has 0 aromatic heterocycles. The molecule has 2 atom stereocenters. The minimum absolute atomic E-state index is 0.119. The molecule has 0 saturated heterocycles. The van der Waals surface area contributed by atoms with Crippen LogP contribution >= 0.6 is 0 Å². The Balaban J connectivity index is 2.62. The van der Waals surface area contributed by atoms with Crippen molar-refractivity contribution in [3.63, 3.8) is 0 Å². The van der Waals surface area contributed by atoms with E-state index in [0.717, 1.165) is 5.56 Å². The van der Waals surface area contributed by atoms with E-state index in [1.54, 1.807) is 6.92 Å². The number of benzene rings is 1. The molecule has 5 nitrogen and oxygen atoms in total. The summed E-state index contributed by atoms with van der Waals surface area (Å²) in [5.41, 5.74) is 0.723. The Bertz CT molecular complexity index is 512. The van der Waals surface area contributed by atoms with Crippen molar-refractivity contribution in [3.05, 3.63) is 35.9 Å². The third-order valence-corrected chi connectivity index (χ3v) is 3.58. The molecule has 0 bridgehead atoms. The van der Waals surface area contributed by atoms with Crippen molar-refractivity contribution in [1.29, 1.82) is 0 Å². The van der Waals surface area contributed by atoms with Gasteiger partial charge in [-0.2, -0.15) is 0 Å². The maximum atomic E-state index is 12.2. The molecule has 5 heteroatoms. The van der Waals surface area contributed by atoms with Crippen molar-refractivity contribution in [2.75, 3.05) is 6.54 Å². The quantitative estimate of drug-likeness (QED) is 0.687. The fourth-order valence-electron chi connectivity index (χ4n) is 2.65. The molecule has 0 aliphatic carbocycles. The normalized spacial score (nSPS) is 14.0. The van der Waals surface area contributed by atoms with Crippen LogP contribution in [0, 0.1) is 5.41 Å². The Labute approximate surface area is 138 Å². The fraction of sp³-hybridized carbons (Fsp3) is 0.556. The average Bonchev–Trinajstić information content (AvgIpc) is 2.44. The van der Waals surface area contributed by atoms with Gasteiger partial charge in [-0.3, -0.25) is 9.59 Å². The molecule has 128 valence electrons. The Hall–Kier alpha value is -1.88. The number of aliphatic hydroxyl groups excluding tert-OH is 1. The summed E-state index contributed by atoms with van der Waals surface area (Å²) in [5, 5.41) is 15.2. The van der Waals surface area contributed by atoms with Gasteiger partial charge in [0, 0.05) is 13.5 Å².